The van der Waals surface area contributed by atoms with E-state index in [0.29, 0.717) is 61.9 Å². The molecule has 9 nitrogen and oxygen atoms in total. The average Bonchev–Trinajstić information content (AvgIpc) is 2.74. The molecule has 0 bridgehead atoms. The molecule has 30 heavy (non-hydrogen) atoms. The number of ether oxygens (including phenoxy) is 2. The zero-order chi connectivity index (χ0) is 21.7. The smallest absolute Gasteiger partial charge is 0.338 e. The second-order valence-electron chi connectivity index (χ2n) is 7.17. The van der Waals surface area contributed by atoms with Crippen molar-refractivity contribution in [3.8, 4) is 5.75 Å². The molecular weight excluding hydrogens is 388 g/mol. The predicted molar refractivity (Wildman–Crippen MR) is 110 cm³/mol. The van der Waals surface area contributed by atoms with E-state index in [4.69, 9.17) is 9.47 Å². The fraction of sp³-hybridized carbons (Fsp3) is 0.476. The Bertz CT molecular complexity index is 846. The second kappa shape index (κ2) is 9.62. The van der Waals surface area contributed by atoms with Gasteiger partial charge in [0.1, 0.15) is 5.75 Å². The number of carbonyl (C=O) groups is 3. The summed E-state index contributed by atoms with van der Waals surface area (Å²) in [6.45, 7) is 6.79. The highest BCUT2D eigenvalue weighted by molar-refractivity contribution is 5.95. The molecule has 0 aliphatic carbocycles. The molecule has 1 atom stereocenters. The third-order valence-corrected chi connectivity index (χ3v) is 5.29. The maximum absolute atomic E-state index is 12.7. The highest BCUT2D eigenvalue weighted by Gasteiger charge is 2.35. The van der Waals surface area contributed by atoms with Gasteiger partial charge in [0, 0.05) is 50.9 Å². The lowest BCUT2D eigenvalue weighted by Gasteiger charge is -2.36. The minimum absolute atomic E-state index is 0.0480. The van der Waals surface area contributed by atoms with Gasteiger partial charge in [-0.15, -0.1) is 0 Å². The summed E-state index contributed by atoms with van der Waals surface area (Å²) in [5.74, 6) is 0.131. The maximum Gasteiger partial charge on any atom is 0.338 e. The normalized spacial score (nSPS) is 19.8. The molecule has 162 valence electrons. The van der Waals surface area contributed by atoms with Crippen LogP contribution >= 0.6 is 0 Å². The largest absolute Gasteiger partial charge is 0.494 e. The van der Waals surface area contributed by atoms with Gasteiger partial charge < -0.3 is 25.0 Å². The first kappa shape index (κ1) is 21.6. The quantitative estimate of drug-likeness (QED) is 0.672. The van der Waals surface area contributed by atoms with Crippen LogP contribution in [0.25, 0.3) is 0 Å². The molecule has 0 aromatic heterocycles. The monoisotopic (exact) mass is 416 g/mol. The fourth-order valence-electron chi connectivity index (χ4n) is 3.78. The highest BCUT2D eigenvalue weighted by atomic mass is 16.5. The van der Waals surface area contributed by atoms with Crippen LogP contribution in [0, 0.1) is 0 Å². The first-order valence-corrected chi connectivity index (χ1v) is 10.0. The van der Waals surface area contributed by atoms with Gasteiger partial charge in [-0.3, -0.25) is 9.69 Å². The summed E-state index contributed by atoms with van der Waals surface area (Å²) in [6, 6.07) is 6.23. The number of amides is 3. The Kier molecular flexibility index (Phi) is 6.94. The lowest BCUT2D eigenvalue weighted by atomic mass is 9.94. The third-order valence-electron chi connectivity index (χ3n) is 5.29. The van der Waals surface area contributed by atoms with E-state index in [1.165, 1.54) is 7.11 Å². The number of carbonyl (C=O) groups excluding carboxylic acids is 3. The van der Waals surface area contributed by atoms with E-state index in [1.807, 2.05) is 31.2 Å². The lowest BCUT2D eigenvalue weighted by Crippen LogP contribution is -2.52. The second-order valence-corrected chi connectivity index (χ2v) is 7.17. The Morgan fingerprint density at radius 2 is 1.87 bits per heavy atom. The van der Waals surface area contributed by atoms with E-state index < -0.39 is 18.0 Å². The molecule has 0 saturated carbocycles. The first-order valence-electron chi connectivity index (χ1n) is 10.0. The van der Waals surface area contributed by atoms with Crippen molar-refractivity contribution in [3.63, 3.8) is 0 Å². The van der Waals surface area contributed by atoms with Crippen LogP contribution in [-0.2, 0) is 14.3 Å². The summed E-state index contributed by atoms with van der Waals surface area (Å²) in [7, 11) is 1.32. The van der Waals surface area contributed by atoms with E-state index in [2.05, 4.69) is 15.5 Å². The Morgan fingerprint density at radius 1 is 1.17 bits per heavy atom. The van der Waals surface area contributed by atoms with Crippen LogP contribution < -0.4 is 15.4 Å². The number of para-hydroxylation sites is 1. The van der Waals surface area contributed by atoms with E-state index >= 15 is 0 Å². The van der Waals surface area contributed by atoms with E-state index in [-0.39, 0.29) is 5.91 Å². The van der Waals surface area contributed by atoms with Gasteiger partial charge in [-0.2, -0.15) is 0 Å². The maximum atomic E-state index is 12.7. The van der Waals surface area contributed by atoms with Crippen LogP contribution in [-0.4, -0.2) is 74.1 Å². The van der Waals surface area contributed by atoms with Crippen molar-refractivity contribution >= 4 is 17.9 Å². The molecule has 0 radical (unpaired) electrons. The molecular formula is C21H28N4O5. The van der Waals surface area contributed by atoms with E-state index in [0.717, 1.165) is 0 Å². The fourth-order valence-corrected chi connectivity index (χ4v) is 3.78. The summed E-state index contributed by atoms with van der Waals surface area (Å²) in [4.78, 5) is 40.6. The molecule has 2 heterocycles. The molecule has 1 aromatic carbocycles. The molecule has 3 rings (SSSR count). The summed E-state index contributed by atoms with van der Waals surface area (Å²) in [6.07, 6.45) is 0. The Labute approximate surface area is 176 Å². The van der Waals surface area contributed by atoms with Crippen molar-refractivity contribution in [2.24, 2.45) is 0 Å². The van der Waals surface area contributed by atoms with Gasteiger partial charge in [0.25, 0.3) is 0 Å². The van der Waals surface area contributed by atoms with Crippen molar-refractivity contribution in [2.75, 3.05) is 46.4 Å². The summed E-state index contributed by atoms with van der Waals surface area (Å²) in [5.41, 5.74) is 1.53. The van der Waals surface area contributed by atoms with Crippen molar-refractivity contribution < 1.29 is 23.9 Å². The number of rotatable bonds is 6. The molecule has 9 heteroatoms. The molecule has 0 unspecified atom stereocenters. The Hall–Kier alpha value is -3.07. The molecule has 2 N–H and O–H groups in total. The zero-order valence-electron chi connectivity index (χ0n) is 17.6. The number of nitrogens with one attached hydrogen (secondary N) is 2. The van der Waals surface area contributed by atoms with E-state index in [9.17, 15) is 14.4 Å². The molecule has 2 aliphatic rings. The molecule has 0 spiro atoms. The van der Waals surface area contributed by atoms with Crippen molar-refractivity contribution in [3.05, 3.63) is 41.1 Å². The number of piperazine rings is 1. The van der Waals surface area contributed by atoms with Gasteiger partial charge in [-0.05, 0) is 13.0 Å². The average molecular weight is 416 g/mol. The standard InChI is InChI=1S/C21H28N4O5/c1-4-30-17-8-6-5-7-15(17)19-18(20(27)29-3)16(22-21(28)23-19)13-24-9-11-25(12-10-24)14(2)26/h5-8,19H,4,9-13H2,1-3H3,(H2,22,23,28)/t19-/m0/s1. The molecule has 3 amide bonds. The molecule has 1 saturated heterocycles. The summed E-state index contributed by atoms with van der Waals surface area (Å²) < 4.78 is 10.8. The Morgan fingerprint density at radius 3 is 2.50 bits per heavy atom. The van der Waals surface area contributed by atoms with Gasteiger partial charge in [0.2, 0.25) is 5.91 Å². The van der Waals surface area contributed by atoms with Crippen LogP contribution in [0.1, 0.15) is 25.5 Å². The summed E-state index contributed by atoms with van der Waals surface area (Å²) >= 11 is 0. The van der Waals surface area contributed by atoms with Crippen LogP contribution in [0.4, 0.5) is 4.79 Å². The number of methoxy groups -OCH3 is 1. The van der Waals surface area contributed by atoms with Crippen molar-refractivity contribution in [2.45, 2.75) is 19.9 Å². The SMILES string of the molecule is CCOc1ccccc1[C@@H]1NC(=O)NC(CN2CCN(C(C)=O)CC2)=C1C(=O)OC. The number of benzene rings is 1. The number of hydrogen-bond donors (Lipinski definition) is 2. The number of hydrogen-bond acceptors (Lipinski definition) is 6. The topological polar surface area (TPSA) is 100 Å². The number of urea groups is 1. The lowest BCUT2D eigenvalue weighted by molar-refractivity contribution is -0.136. The van der Waals surface area contributed by atoms with Crippen molar-refractivity contribution in [1.82, 2.24) is 20.4 Å². The zero-order valence-corrected chi connectivity index (χ0v) is 17.6. The molecule has 1 aromatic rings. The van der Waals surface area contributed by atoms with Crippen molar-refractivity contribution in [1.29, 1.82) is 0 Å². The number of esters is 1. The van der Waals surface area contributed by atoms with Gasteiger partial charge in [0.15, 0.2) is 0 Å². The van der Waals surface area contributed by atoms with Crippen LogP contribution in [0.3, 0.4) is 0 Å². The van der Waals surface area contributed by atoms with Crippen LogP contribution in [0.2, 0.25) is 0 Å². The van der Waals surface area contributed by atoms with Crippen LogP contribution in [0.15, 0.2) is 35.5 Å². The molecule has 1 fully saturated rings. The van der Waals surface area contributed by atoms with Gasteiger partial charge >= 0.3 is 12.0 Å². The minimum Gasteiger partial charge on any atom is -0.494 e. The summed E-state index contributed by atoms with van der Waals surface area (Å²) in [5, 5.41) is 5.61. The van der Waals surface area contributed by atoms with Gasteiger partial charge in [-0.1, -0.05) is 18.2 Å². The van der Waals surface area contributed by atoms with Gasteiger partial charge in [0.05, 0.1) is 25.3 Å². The highest BCUT2D eigenvalue weighted by Crippen LogP contribution is 2.33. The Balaban J connectivity index is 1.93. The van der Waals surface area contributed by atoms with Gasteiger partial charge in [-0.25, -0.2) is 9.59 Å². The predicted octanol–water partition coefficient (Wildman–Crippen LogP) is 1.03. The van der Waals surface area contributed by atoms with E-state index in [1.54, 1.807) is 11.8 Å². The molecule has 2 aliphatic heterocycles. The minimum atomic E-state index is -0.692. The number of nitrogens with zero attached hydrogens (tertiary/aromatic N) is 2. The first-order chi connectivity index (χ1) is 14.4. The van der Waals surface area contributed by atoms with Crippen LogP contribution in [0.5, 0.6) is 5.75 Å². The third kappa shape index (κ3) is 4.73.